The summed E-state index contributed by atoms with van der Waals surface area (Å²) in [5.74, 6) is 0.369. The van der Waals surface area contributed by atoms with Gasteiger partial charge in [0.05, 0.1) is 30.4 Å². The van der Waals surface area contributed by atoms with Crippen molar-refractivity contribution in [1.82, 2.24) is 24.5 Å². The summed E-state index contributed by atoms with van der Waals surface area (Å²) in [5, 5.41) is 12.8. The molecule has 0 saturated carbocycles. The van der Waals surface area contributed by atoms with Crippen molar-refractivity contribution in [1.29, 1.82) is 0 Å². The van der Waals surface area contributed by atoms with Gasteiger partial charge in [0, 0.05) is 40.5 Å². The summed E-state index contributed by atoms with van der Waals surface area (Å²) >= 11 is 1.67. The summed E-state index contributed by atoms with van der Waals surface area (Å²) in [6.45, 7) is 15.0. The number of alkyl halides is 3. The van der Waals surface area contributed by atoms with Crippen LogP contribution in [0.1, 0.15) is 70.1 Å². The molecule has 5 rings (SSSR count). The smallest absolute Gasteiger partial charge is 0.379 e. The standard InChI is InChI=1S/C32H39F3N6OS/c1-20(2)31(19-40-17-27(37-38-40)16-36-26-12-10-25(11-13-26)32(33,34)35)14-7-15-39(18-31)29(42)28-23(5)24(6)43-30(28)41-21(3)8-9-22(41)4/h8-13,17,20,36H,7,14-16,18-19H2,1-6H3. The van der Waals surface area contributed by atoms with E-state index in [1.54, 1.807) is 11.3 Å². The van der Waals surface area contributed by atoms with Crippen molar-refractivity contribution in [3.63, 3.8) is 0 Å². The number of carbonyl (C=O) groups is 1. The molecule has 4 aromatic rings. The Morgan fingerprint density at radius 3 is 2.37 bits per heavy atom. The maximum Gasteiger partial charge on any atom is 0.416 e. The second-order valence-electron chi connectivity index (χ2n) is 12.1. The Hall–Kier alpha value is -3.60. The third-order valence-electron chi connectivity index (χ3n) is 8.92. The van der Waals surface area contributed by atoms with Crippen LogP contribution < -0.4 is 5.32 Å². The minimum absolute atomic E-state index is 0.0779. The lowest BCUT2D eigenvalue weighted by Crippen LogP contribution is -2.50. The molecule has 230 valence electrons. The van der Waals surface area contributed by atoms with Crippen LogP contribution in [0.2, 0.25) is 0 Å². The number of hydrogen-bond donors (Lipinski definition) is 1. The third-order valence-corrected chi connectivity index (χ3v) is 10.1. The van der Waals surface area contributed by atoms with Crippen molar-refractivity contribution >= 4 is 22.9 Å². The van der Waals surface area contributed by atoms with E-state index >= 15 is 0 Å². The number of anilines is 1. The number of likely N-dealkylation sites (tertiary alicyclic amines) is 1. The summed E-state index contributed by atoms with van der Waals surface area (Å²) < 4.78 is 42.6. The predicted octanol–water partition coefficient (Wildman–Crippen LogP) is 7.57. The number of hydrogen-bond acceptors (Lipinski definition) is 5. The average Bonchev–Trinajstić information content (AvgIpc) is 3.63. The predicted molar refractivity (Wildman–Crippen MR) is 164 cm³/mol. The lowest BCUT2D eigenvalue weighted by Gasteiger charge is -2.45. The molecule has 0 radical (unpaired) electrons. The monoisotopic (exact) mass is 612 g/mol. The normalized spacial score (nSPS) is 17.6. The fourth-order valence-corrected chi connectivity index (χ4v) is 7.34. The van der Waals surface area contributed by atoms with Crippen LogP contribution in [-0.4, -0.2) is 43.5 Å². The molecule has 1 unspecified atom stereocenters. The van der Waals surface area contributed by atoms with Gasteiger partial charge in [-0.25, -0.2) is 0 Å². The number of aryl methyl sites for hydroxylation is 3. The minimum atomic E-state index is -4.36. The number of nitrogens with zero attached hydrogens (tertiary/aromatic N) is 5. The number of carbonyl (C=O) groups excluding carboxylic acids is 1. The highest BCUT2D eigenvalue weighted by atomic mass is 32.1. The highest BCUT2D eigenvalue weighted by molar-refractivity contribution is 7.15. The van der Waals surface area contributed by atoms with E-state index in [2.05, 4.69) is 66.9 Å². The highest BCUT2D eigenvalue weighted by Gasteiger charge is 2.41. The van der Waals surface area contributed by atoms with Crippen LogP contribution in [0.25, 0.3) is 5.00 Å². The number of thiophene rings is 1. The maximum atomic E-state index is 14.2. The first kappa shape index (κ1) is 30.8. The van der Waals surface area contributed by atoms with Gasteiger partial charge in [-0.15, -0.1) is 16.4 Å². The van der Waals surface area contributed by atoms with E-state index in [9.17, 15) is 18.0 Å². The van der Waals surface area contributed by atoms with Crippen LogP contribution in [0.4, 0.5) is 18.9 Å². The zero-order valence-electron chi connectivity index (χ0n) is 25.5. The number of halogens is 3. The van der Waals surface area contributed by atoms with Crippen LogP contribution in [0.15, 0.2) is 42.6 Å². The number of rotatable bonds is 8. The molecule has 7 nitrogen and oxygen atoms in total. The topological polar surface area (TPSA) is 68.0 Å². The second kappa shape index (κ2) is 11.8. The third kappa shape index (κ3) is 6.23. The van der Waals surface area contributed by atoms with E-state index in [1.165, 1.54) is 12.1 Å². The Labute approximate surface area is 254 Å². The maximum absolute atomic E-state index is 14.2. The van der Waals surface area contributed by atoms with Gasteiger partial charge in [-0.2, -0.15) is 13.2 Å². The van der Waals surface area contributed by atoms with E-state index in [-0.39, 0.29) is 11.3 Å². The number of piperidine rings is 1. The van der Waals surface area contributed by atoms with Crippen LogP contribution in [-0.2, 0) is 19.3 Å². The number of aromatic nitrogens is 4. The highest BCUT2D eigenvalue weighted by Crippen LogP contribution is 2.41. The molecule has 1 aromatic carbocycles. The van der Waals surface area contributed by atoms with Gasteiger partial charge >= 0.3 is 6.18 Å². The van der Waals surface area contributed by atoms with Gasteiger partial charge in [-0.3, -0.25) is 9.48 Å². The molecule has 1 aliphatic rings. The molecule has 4 heterocycles. The minimum Gasteiger partial charge on any atom is -0.379 e. The van der Waals surface area contributed by atoms with E-state index in [0.29, 0.717) is 43.5 Å². The molecule has 1 fully saturated rings. The molecule has 1 atom stereocenters. The Morgan fingerprint density at radius 2 is 1.74 bits per heavy atom. The summed E-state index contributed by atoms with van der Waals surface area (Å²) in [5.41, 5.74) is 4.45. The van der Waals surface area contributed by atoms with Crippen molar-refractivity contribution < 1.29 is 18.0 Å². The van der Waals surface area contributed by atoms with E-state index in [0.717, 1.165) is 57.4 Å². The molecule has 1 amide bonds. The molecule has 11 heteroatoms. The first-order valence-corrected chi connectivity index (χ1v) is 15.5. The Kier molecular flexibility index (Phi) is 8.48. The molecule has 1 aliphatic heterocycles. The Morgan fingerprint density at radius 1 is 1.07 bits per heavy atom. The van der Waals surface area contributed by atoms with E-state index in [4.69, 9.17) is 0 Å². The van der Waals surface area contributed by atoms with Crippen molar-refractivity contribution in [3.05, 3.63) is 81.2 Å². The largest absolute Gasteiger partial charge is 0.416 e. The molecule has 0 bridgehead atoms. The van der Waals surface area contributed by atoms with Crippen molar-refractivity contribution in [2.75, 3.05) is 18.4 Å². The summed E-state index contributed by atoms with van der Waals surface area (Å²) in [6, 6.07) is 9.12. The SMILES string of the molecule is Cc1sc(-n2c(C)ccc2C)c(C(=O)N2CCCC(Cn3cc(CNc4ccc(C(F)(F)F)cc4)nn3)(C(C)C)C2)c1C. The van der Waals surface area contributed by atoms with Gasteiger partial charge in [0.1, 0.15) is 10.7 Å². The van der Waals surface area contributed by atoms with Crippen LogP contribution in [0.3, 0.4) is 0 Å². The summed E-state index contributed by atoms with van der Waals surface area (Å²) in [7, 11) is 0. The lowest BCUT2D eigenvalue weighted by molar-refractivity contribution is -0.137. The van der Waals surface area contributed by atoms with Gasteiger partial charge in [0.25, 0.3) is 5.91 Å². The summed E-state index contributed by atoms with van der Waals surface area (Å²) in [4.78, 5) is 17.4. The van der Waals surface area contributed by atoms with Gasteiger partial charge in [-0.1, -0.05) is 19.1 Å². The fourth-order valence-electron chi connectivity index (χ4n) is 6.07. The van der Waals surface area contributed by atoms with Crippen molar-refractivity contribution in [3.8, 4) is 5.00 Å². The first-order valence-electron chi connectivity index (χ1n) is 14.6. The van der Waals surface area contributed by atoms with E-state index < -0.39 is 11.7 Å². The van der Waals surface area contributed by atoms with Crippen LogP contribution in [0, 0.1) is 39.0 Å². The molecule has 1 N–H and O–H groups in total. The number of nitrogens with one attached hydrogen (secondary N) is 1. The van der Waals surface area contributed by atoms with Gasteiger partial charge < -0.3 is 14.8 Å². The van der Waals surface area contributed by atoms with Crippen molar-refractivity contribution in [2.45, 2.75) is 73.6 Å². The lowest BCUT2D eigenvalue weighted by atomic mass is 9.71. The molecule has 0 aliphatic carbocycles. The fraction of sp³-hybridized carbons (Fsp3) is 0.469. The Bertz CT molecular complexity index is 1580. The van der Waals surface area contributed by atoms with E-state index in [1.807, 2.05) is 22.7 Å². The number of amides is 1. The first-order chi connectivity index (χ1) is 20.3. The molecular formula is C32H39F3N6OS. The van der Waals surface area contributed by atoms with Crippen LogP contribution >= 0.6 is 11.3 Å². The summed E-state index contributed by atoms with van der Waals surface area (Å²) in [6.07, 6.45) is -0.612. The quantitative estimate of drug-likeness (QED) is 0.223. The molecule has 43 heavy (non-hydrogen) atoms. The molecule has 3 aromatic heterocycles. The van der Waals surface area contributed by atoms with Gasteiger partial charge in [0.2, 0.25) is 0 Å². The van der Waals surface area contributed by atoms with Crippen LogP contribution in [0.5, 0.6) is 0 Å². The molecule has 1 saturated heterocycles. The Balaban J connectivity index is 1.32. The second-order valence-corrected chi connectivity index (χ2v) is 13.3. The van der Waals surface area contributed by atoms with Gasteiger partial charge in [0.15, 0.2) is 0 Å². The van der Waals surface area contributed by atoms with Gasteiger partial charge in [-0.05, 0) is 88.4 Å². The van der Waals surface area contributed by atoms with Crippen molar-refractivity contribution in [2.24, 2.45) is 11.3 Å². The zero-order valence-corrected chi connectivity index (χ0v) is 26.4. The number of benzene rings is 1. The molecular weight excluding hydrogens is 573 g/mol. The zero-order chi connectivity index (χ0) is 31.1. The molecule has 0 spiro atoms. The average molecular weight is 613 g/mol.